The lowest BCUT2D eigenvalue weighted by Crippen LogP contribution is -2.34. The number of nitrogens with zero attached hydrogens (tertiary/aromatic N) is 1. The second-order valence-corrected chi connectivity index (χ2v) is 5.59. The number of hydrogen-bond donors (Lipinski definition) is 1. The quantitative estimate of drug-likeness (QED) is 0.900. The van der Waals surface area contributed by atoms with Gasteiger partial charge in [0.05, 0.1) is 6.10 Å². The van der Waals surface area contributed by atoms with Crippen LogP contribution in [0.25, 0.3) is 0 Å². The number of halogens is 1. The lowest BCUT2D eigenvalue weighted by molar-refractivity contribution is 0.128. The van der Waals surface area contributed by atoms with Crippen molar-refractivity contribution in [3.8, 4) is 0 Å². The minimum atomic E-state index is -0.564. The van der Waals surface area contributed by atoms with Crippen molar-refractivity contribution in [2.24, 2.45) is 0 Å². The van der Waals surface area contributed by atoms with Crippen LogP contribution in [0.2, 0.25) is 0 Å². The third-order valence-electron chi connectivity index (χ3n) is 4.11. The standard InChI is InChI=1S/C16H24FNO/c1-13-6-3-2-4-10-18(13)11-9-16(19)14-7-5-8-15(17)12-14/h5,7-8,12-13,16,19H,2-4,6,9-11H2,1H3. The van der Waals surface area contributed by atoms with Gasteiger partial charge < -0.3 is 10.0 Å². The Morgan fingerprint density at radius 2 is 2.21 bits per heavy atom. The molecule has 1 aromatic carbocycles. The Bertz CT molecular complexity index is 396. The van der Waals surface area contributed by atoms with Crippen LogP contribution in [0.4, 0.5) is 4.39 Å². The van der Waals surface area contributed by atoms with Crippen LogP contribution in [-0.2, 0) is 0 Å². The zero-order valence-corrected chi connectivity index (χ0v) is 11.7. The van der Waals surface area contributed by atoms with Crippen molar-refractivity contribution >= 4 is 0 Å². The first-order chi connectivity index (χ1) is 9.16. The van der Waals surface area contributed by atoms with Crippen LogP contribution in [-0.4, -0.2) is 29.1 Å². The molecular weight excluding hydrogens is 241 g/mol. The van der Waals surface area contributed by atoms with Crippen LogP contribution in [0.5, 0.6) is 0 Å². The predicted octanol–water partition coefficient (Wildman–Crippen LogP) is 3.51. The van der Waals surface area contributed by atoms with Crippen LogP contribution >= 0.6 is 0 Å². The maximum absolute atomic E-state index is 13.1. The monoisotopic (exact) mass is 265 g/mol. The van der Waals surface area contributed by atoms with E-state index in [2.05, 4.69) is 11.8 Å². The highest BCUT2D eigenvalue weighted by Gasteiger charge is 2.18. The van der Waals surface area contributed by atoms with Crippen LogP contribution in [0.1, 0.15) is 50.7 Å². The molecule has 0 radical (unpaired) electrons. The number of likely N-dealkylation sites (tertiary alicyclic amines) is 1. The molecule has 1 aromatic rings. The third-order valence-corrected chi connectivity index (χ3v) is 4.11. The van der Waals surface area contributed by atoms with Gasteiger partial charge in [-0.25, -0.2) is 4.39 Å². The zero-order valence-electron chi connectivity index (χ0n) is 11.7. The van der Waals surface area contributed by atoms with E-state index in [4.69, 9.17) is 0 Å². The molecule has 1 heterocycles. The van der Waals surface area contributed by atoms with Gasteiger partial charge in [0.1, 0.15) is 5.82 Å². The summed E-state index contributed by atoms with van der Waals surface area (Å²) < 4.78 is 13.1. The molecule has 3 heteroatoms. The summed E-state index contributed by atoms with van der Waals surface area (Å²) in [6.07, 6.45) is 5.23. The third kappa shape index (κ3) is 4.29. The topological polar surface area (TPSA) is 23.5 Å². The van der Waals surface area contributed by atoms with E-state index in [-0.39, 0.29) is 5.82 Å². The van der Waals surface area contributed by atoms with Crippen molar-refractivity contribution in [3.63, 3.8) is 0 Å². The van der Waals surface area contributed by atoms with Crippen molar-refractivity contribution < 1.29 is 9.50 Å². The van der Waals surface area contributed by atoms with Gasteiger partial charge in [0.2, 0.25) is 0 Å². The molecule has 106 valence electrons. The Morgan fingerprint density at radius 1 is 1.37 bits per heavy atom. The number of benzene rings is 1. The van der Waals surface area contributed by atoms with E-state index in [0.29, 0.717) is 18.0 Å². The molecule has 1 fully saturated rings. The summed E-state index contributed by atoms with van der Waals surface area (Å²) in [5, 5.41) is 10.1. The molecule has 1 saturated heterocycles. The van der Waals surface area contributed by atoms with E-state index in [1.54, 1.807) is 12.1 Å². The molecule has 1 aliphatic rings. The van der Waals surface area contributed by atoms with Gasteiger partial charge in [-0.05, 0) is 50.4 Å². The largest absolute Gasteiger partial charge is 0.388 e. The molecule has 0 bridgehead atoms. The second kappa shape index (κ2) is 7.01. The summed E-state index contributed by atoms with van der Waals surface area (Å²) in [7, 11) is 0. The minimum Gasteiger partial charge on any atom is -0.388 e. The first kappa shape index (κ1) is 14.5. The number of rotatable bonds is 4. The van der Waals surface area contributed by atoms with Gasteiger partial charge in [0, 0.05) is 12.6 Å². The second-order valence-electron chi connectivity index (χ2n) is 5.59. The average molecular weight is 265 g/mol. The first-order valence-electron chi connectivity index (χ1n) is 7.34. The van der Waals surface area contributed by atoms with Crippen molar-refractivity contribution in [1.82, 2.24) is 4.90 Å². The lowest BCUT2D eigenvalue weighted by Gasteiger charge is -2.27. The fraction of sp³-hybridized carbons (Fsp3) is 0.625. The summed E-state index contributed by atoms with van der Waals surface area (Å²) in [5.74, 6) is -0.278. The molecule has 2 unspecified atom stereocenters. The predicted molar refractivity (Wildman–Crippen MR) is 75.5 cm³/mol. The molecule has 0 aliphatic carbocycles. The van der Waals surface area contributed by atoms with Crippen molar-refractivity contribution in [3.05, 3.63) is 35.6 Å². The van der Waals surface area contributed by atoms with Crippen LogP contribution in [0, 0.1) is 5.82 Å². The maximum Gasteiger partial charge on any atom is 0.123 e. The summed E-state index contributed by atoms with van der Waals surface area (Å²) in [6, 6.07) is 6.88. The normalized spacial score (nSPS) is 23.0. The molecule has 1 aliphatic heterocycles. The highest BCUT2D eigenvalue weighted by molar-refractivity contribution is 5.18. The Labute approximate surface area is 115 Å². The number of aliphatic hydroxyl groups excluding tert-OH is 1. The van der Waals surface area contributed by atoms with E-state index >= 15 is 0 Å². The van der Waals surface area contributed by atoms with Gasteiger partial charge in [-0.2, -0.15) is 0 Å². The summed E-state index contributed by atoms with van der Waals surface area (Å²) in [4.78, 5) is 2.45. The van der Waals surface area contributed by atoms with Crippen molar-refractivity contribution in [1.29, 1.82) is 0 Å². The van der Waals surface area contributed by atoms with Crippen molar-refractivity contribution in [2.45, 2.75) is 51.2 Å². The highest BCUT2D eigenvalue weighted by atomic mass is 19.1. The molecule has 2 atom stereocenters. The Hall–Kier alpha value is -0.930. The summed E-state index contributed by atoms with van der Waals surface area (Å²) >= 11 is 0. The summed E-state index contributed by atoms with van der Waals surface area (Å²) in [5.41, 5.74) is 0.683. The molecule has 2 nitrogen and oxygen atoms in total. The summed E-state index contributed by atoms with van der Waals surface area (Å²) in [6.45, 7) is 4.27. The number of aliphatic hydroxyl groups is 1. The van der Waals surface area contributed by atoms with Crippen LogP contribution < -0.4 is 0 Å². The smallest absolute Gasteiger partial charge is 0.123 e. The first-order valence-corrected chi connectivity index (χ1v) is 7.34. The number of hydrogen-bond acceptors (Lipinski definition) is 2. The van der Waals surface area contributed by atoms with Gasteiger partial charge in [0.25, 0.3) is 0 Å². The average Bonchev–Trinajstić information content (AvgIpc) is 2.61. The molecule has 2 rings (SSSR count). The molecule has 0 aromatic heterocycles. The van der Waals surface area contributed by atoms with E-state index in [0.717, 1.165) is 13.1 Å². The molecule has 0 spiro atoms. The fourth-order valence-corrected chi connectivity index (χ4v) is 2.84. The lowest BCUT2D eigenvalue weighted by atomic mass is 10.1. The van der Waals surface area contributed by atoms with Gasteiger partial charge in [-0.3, -0.25) is 0 Å². The van der Waals surface area contributed by atoms with Crippen molar-refractivity contribution in [2.75, 3.05) is 13.1 Å². The molecule has 0 amide bonds. The molecule has 0 saturated carbocycles. The van der Waals surface area contributed by atoms with E-state index in [1.807, 2.05) is 0 Å². The van der Waals surface area contributed by atoms with E-state index in [9.17, 15) is 9.50 Å². The maximum atomic E-state index is 13.1. The Kier molecular flexibility index (Phi) is 5.34. The van der Waals surface area contributed by atoms with E-state index < -0.39 is 6.10 Å². The van der Waals surface area contributed by atoms with E-state index in [1.165, 1.54) is 37.8 Å². The highest BCUT2D eigenvalue weighted by Crippen LogP contribution is 2.21. The van der Waals surface area contributed by atoms with Gasteiger partial charge in [0.15, 0.2) is 0 Å². The molecule has 1 N–H and O–H groups in total. The van der Waals surface area contributed by atoms with Gasteiger partial charge in [-0.1, -0.05) is 25.0 Å². The minimum absolute atomic E-state index is 0.278. The fourth-order valence-electron chi connectivity index (χ4n) is 2.84. The van der Waals surface area contributed by atoms with Crippen LogP contribution in [0.15, 0.2) is 24.3 Å². The van der Waals surface area contributed by atoms with Gasteiger partial charge in [-0.15, -0.1) is 0 Å². The van der Waals surface area contributed by atoms with Gasteiger partial charge >= 0.3 is 0 Å². The Balaban J connectivity index is 1.87. The Morgan fingerprint density at radius 3 is 3.00 bits per heavy atom. The SMILES string of the molecule is CC1CCCCCN1CCC(O)c1cccc(F)c1. The van der Waals surface area contributed by atoms with Crippen LogP contribution in [0.3, 0.4) is 0 Å². The zero-order chi connectivity index (χ0) is 13.7. The molecule has 19 heavy (non-hydrogen) atoms. The molecular formula is C16H24FNO.